The third-order valence-electron chi connectivity index (χ3n) is 3.13. The van der Waals surface area contributed by atoms with Gasteiger partial charge in [0.15, 0.2) is 0 Å². The number of hydrogen-bond donors (Lipinski definition) is 1. The molecule has 0 saturated heterocycles. The summed E-state index contributed by atoms with van der Waals surface area (Å²) in [5.74, 6) is 0.497. The number of rotatable bonds is 3. The lowest BCUT2D eigenvalue weighted by atomic mass is 9.90. The first kappa shape index (κ1) is 13.6. The Hall–Kier alpha value is -1.51. The lowest BCUT2D eigenvalue weighted by molar-refractivity contribution is -0.144. The predicted molar refractivity (Wildman–Crippen MR) is 67.3 cm³/mol. The van der Waals surface area contributed by atoms with Gasteiger partial charge in [-0.2, -0.15) is 0 Å². The van der Waals surface area contributed by atoms with Gasteiger partial charge < -0.3 is 9.84 Å². The molecule has 0 aromatic heterocycles. The smallest absolute Gasteiger partial charge is 0.316 e. The molecule has 1 aromatic rings. The van der Waals surface area contributed by atoms with E-state index in [1.165, 1.54) is 0 Å². The van der Waals surface area contributed by atoms with Crippen LogP contribution in [-0.2, 0) is 4.79 Å². The van der Waals surface area contributed by atoms with Crippen LogP contribution in [0.25, 0.3) is 0 Å². The van der Waals surface area contributed by atoms with Crippen LogP contribution in [0.4, 0.5) is 0 Å². The van der Waals surface area contributed by atoms with Crippen molar-refractivity contribution in [3.63, 3.8) is 0 Å². The number of phenols is 1. The van der Waals surface area contributed by atoms with E-state index in [1.807, 2.05) is 20.8 Å². The highest BCUT2D eigenvalue weighted by atomic mass is 16.5. The van der Waals surface area contributed by atoms with Gasteiger partial charge in [-0.25, -0.2) is 0 Å². The van der Waals surface area contributed by atoms with Crippen molar-refractivity contribution in [2.45, 2.75) is 41.0 Å². The van der Waals surface area contributed by atoms with Crippen molar-refractivity contribution in [1.82, 2.24) is 0 Å². The molecule has 0 fully saturated rings. The van der Waals surface area contributed by atoms with Crippen molar-refractivity contribution in [3.05, 3.63) is 23.3 Å². The molecule has 0 aliphatic rings. The van der Waals surface area contributed by atoms with Crippen molar-refractivity contribution in [2.24, 2.45) is 5.41 Å². The maximum atomic E-state index is 11.9. The molecule has 0 aliphatic carbocycles. The molecule has 0 amide bonds. The Balaban J connectivity index is 2.97. The number of aromatic hydroxyl groups is 1. The average molecular weight is 236 g/mol. The van der Waals surface area contributed by atoms with Gasteiger partial charge in [0, 0.05) is 0 Å². The zero-order valence-electron chi connectivity index (χ0n) is 11.1. The minimum absolute atomic E-state index is 0.219. The fourth-order valence-corrected chi connectivity index (χ4v) is 1.27. The number of phenolic OH excluding ortho intramolecular Hbond substituents is 1. The third kappa shape index (κ3) is 2.99. The first-order valence-electron chi connectivity index (χ1n) is 5.80. The van der Waals surface area contributed by atoms with Gasteiger partial charge in [0.25, 0.3) is 0 Å². The van der Waals surface area contributed by atoms with Crippen LogP contribution in [0.1, 0.15) is 38.3 Å². The van der Waals surface area contributed by atoms with Crippen LogP contribution in [0.15, 0.2) is 12.1 Å². The van der Waals surface area contributed by atoms with Crippen LogP contribution in [-0.4, -0.2) is 11.1 Å². The van der Waals surface area contributed by atoms with E-state index in [2.05, 4.69) is 0 Å². The third-order valence-corrected chi connectivity index (χ3v) is 3.13. The summed E-state index contributed by atoms with van der Waals surface area (Å²) < 4.78 is 5.39. The number of benzene rings is 1. The molecule has 0 bridgehead atoms. The van der Waals surface area contributed by atoms with E-state index in [0.717, 1.165) is 12.0 Å². The molecule has 0 radical (unpaired) electrons. The van der Waals surface area contributed by atoms with Gasteiger partial charge in [-0.05, 0) is 57.4 Å². The molecule has 1 rings (SSSR count). The normalized spacial score (nSPS) is 11.4. The summed E-state index contributed by atoms with van der Waals surface area (Å²) in [6.07, 6.45) is 0.724. The van der Waals surface area contributed by atoms with Gasteiger partial charge in [-0.1, -0.05) is 6.92 Å². The van der Waals surface area contributed by atoms with Gasteiger partial charge in [0.05, 0.1) is 5.41 Å². The van der Waals surface area contributed by atoms with Crippen LogP contribution in [0, 0.1) is 19.3 Å². The molecule has 0 spiro atoms. The molecule has 0 saturated carbocycles. The molecule has 1 aromatic carbocycles. The van der Waals surface area contributed by atoms with E-state index in [0.29, 0.717) is 11.3 Å². The molecule has 17 heavy (non-hydrogen) atoms. The SMILES string of the molecule is CCC(C)(C)C(=O)Oc1cc(C)c(O)cc1C. The summed E-state index contributed by atoms with van der Waals surface area (Å²) in [5.41, 5.74) is 0.971. The first-order chi connectivity index (χ1) is 7.77. The van der Waals surface area contributed by atoms with E-state index in [9.17, 15) is 9.90 Å². The average Bonchev–Trinajstić information content (AvgIpc) is 2.25. The minimum Gasteiger partial charge on any atom is -0.508 e. The Morgan fingerprint density at radius 1 is 1.29 bits per heavy atom. The summed E-state index contributed by atoms with van der Waals surface area (Å²) in [6.45, 7) is 9.25. The Morgan fingerprint density at radius 3 is 2.41 bits per heavy atom. The number of aryl methyl sites for hydroxylation is 2. The summed E-state index contributed by atoms with van der Waals surface area (Å²) in [5, 5.41) is 9.52. The number of hydrogen-bond acceptors (Lipinski definition) is 3. The Labute approximate surface area is 102 Å². The molecule has 1 N–H and O–H groups in total. The van der Waals surface area contributed by atoms with Crippen molar-refractivity contribution < 1.29 is 14.6 Å². The molecular formula is C14H20O3. The second-order valence-corrected chi connectivity index (χ2v) is 5.03. The maximum absolute atomic E-state index is 11.9. The standard InChI is InChI=1S/C14H20O3/c1-6-14(4,5)13(16)17-12-8-9(2)11(15)7-10(12)3/h7-8,15H,6H2,1-5H3. The Kier molecular flexibility index (Phi) is 3.81. The summed E-state index contributed by atoms with van der Waals surface area (Å²) in [4.78, 5) is 11.9. The Bertz CT molecular complexity index is 433. The molecule has 3 heteroatoms. The second-order valence-electron chi connectivity index (χ2n) is 5.03. The van der Waals surface area contributed by atoms with Crippen molar-refractivity contribution in [3.8, 4) is 11.5 Å². The molecule has 0 aliphatic heterocycles. The van der Waals surface area contributed by atoms with Gasteiger partial charge in [0.1, 0.15) is 11.5 Å². The lowest BCUT2D eigenvalue weighted by Crippen LogP contribution is -2.28. The molecule has 0 atom stereocenters. The van der Waals surface area contributed by atoms with Crippen molar-refractivity contribution in [2.75, 3.05) is 0 Å². The van der Waals surface area contributed by atoms with Crippen molar-refractivity contribution in [1.29, 1.82) is 0 Å². The summed E-state index contributed by atoms with van der Waals surface area (Å²) >= 11 is 0. The van der Waals surface area contributed by atoms with Gasteiger partial charge in [-0.15, -0.1) is 0 Å². The van der Waals surface area contributed by atoms with Gasteiger partial charge in [0.2, 0.25) is 0 Å². The lowest BCUT2D eigenvalue weighted by Gasteiger charge is -2.21. The zero-order valence-corrected chi connectivity index (χ0v) is 11.1. The van der Waals surface area contributed by atoms with Crippen LogP contribution >= 0.6 is 0 Å². The molecule has 0 unspecified atom stereocenters. The highest BCUT2D eigenvalue weighted by molar-refractivity contribution is 5.78. The van der Waals surface area contributed by atoms with Gasteiger partial charge >= 0.3 is 5.97 Å². The van der Waals surface area contributed by atoms with Crippen LogP contribution < -0.4 is 4.74 Å². The monoisotopic (exact) mass is 236 g/mol. The maximum Gasteiger partial charge on any atom is 0.316 e. The molecule has 94 valence electrons. The Morgan fingerprint density at radius 2 is 1.88 bits per heavy atom. The quantitative estimate of drug-likeness (QED) is 0.646. The van der Waals surface area contributed by atoms with E-state index in [-0.39, 0.29) is 11.7 Å². The number of carbonyl (C=O) groups is 1. The van der Waals surface area contributed by atoms with Crippen molar-refractivity contribution >= 4 is 5.97 Å². The van der Waals surface area contributed by atoms with E-state index in [1.54, 1.807) is 26.0 Å². The van der Waals surface area contributed by atoms with Crippen LogP contribution in [0.5, 0.6) is 11.5 Å². The number of carbonyl (C=O) groups excluding carboxylic acids is 1. The topological polar surface area (TPSA) is 46.5 Å². The van der Waals surface area contributed by atoms with Crippen LogP contribution in [0.2, 0.25) is 0 Å². The van der Waals surface area contributed by atoms with Gasteiger partial charge in [-0.3, -0.25) is 4.79 Å². The summed E-state index contributed by atoms with van der Waals surface area (Å²) in [7, 11) is 0. The molecule has 3 nitrogen and oxygen atoms in total. The first-order valence-corrected chi connectivity index (χ1v) is 5.80. The van der Waals surface area contributed by atoms with E-state index < -0.39 is 5.41 Å². The summed E-state index contributed by atoms with van der Waals surface area (Å²) in [6, 6.07) is 3.30. The van der Waals surface area contributed by atoms with E-state index in [4.69, 9.17) is 4.74 Å². The van der Waals surface area contributed by atoms with Crippen LogP contribution in [0.3, 0.4) is 0 Å². The number of ether oxygens (including phenoxy) is 1. The van der Waals surface area contributed by atoms with E-state index >= 15 is 0 Å². The minimum atomic E-state index is -0.488. The largest absolute Gasteiger partial charge is 0.508 e. The fraction of sp³-hybridized carbons (Fsp3) is 0.500. The highest BCUT2D eigenvalue weighted by Gasteiger charge is 2.28. The predicted octanol–water partition coefficient (Wildman–Crippen LogP) is 3.35. The molecule has 0 heterocycles. The highest BCUT2D eigenvalue weighted by Crippen LogP contribution is 2.29. The molecular weight excluding hydrogens is 216 g/mol. The number of esters is 1. The second kappa shape index (κ2) is 4.78. The fourth-order valence-electron chi connectivity index (χ4n) is 1.27. The zero-order chi connectivity index (χ0) is 13.2.